The molecule has 0 aliphatic heterocycles. The van der Waals surface area contributed by atoms with Crippen molar-refractivity contribution >= 4 is 5.69 Å². The Bertz CT molecular complexity index is 577. The van der Waals surface area contributed by atoms with Crippen molar-refractivity contribution in [1.29, 1.82) is 0 Å². The Morgan fingerprint density at radius 1 is 1.06 bits per heavy atom. The van der Waals surface area contributed by atoms with Gasteiger partial charge in [-0.2, -0.15) is 10.2 Å². The fraction of sp³-hybridized carbons (Fsp3) is 0.538. The Morgan fingerprint density at radius 3 is 2.22 bits per heavy atom. The Morgan fingerprint density at radius 2 is 1.72 bits per heavy atom. The molecular formula is C13H21N5. The van der Waals surface area contributed by atoms with Crippen molar-refractivity contribution < 1.29 is 0 Å². The molecule has 5 nitrogen and oxygen atoms in total. The molecule has 0 radical (unpaired) electrons. The quantitative estimate of drug-likeness (QED) is 0.904. The summed E-state index contributed by atoms with van der Waals surface area (Å²) in [5.74, 6) is 0.885. The first-order valence-corrected chi connectivity index (χ1v) is 6.39. The van der Waals surface area contributed by atoms with Gasteiger partial charge in [-0.15, -0.1) is 0 Å². The van der Waals surface area contributed by atoms with Crippen LogP contribution in [0.2, 0.25) is 0 Å². The normalized spacial score (nSPS) is 11.2. The Balaban J connectivity index is 2.69. The van der Waals surface area contributed by atoms with Crippen molar-refractivity contribution in [3.63, 3.8) is 0 Å². The molecule has 98 valence electrons. The minimum Gasteiger partial charge on any atom is -0.394 e. The van der Waals surface area contributed by atoms with E-state index >= 15 is 0 Å². The van der Waals surface area contributed by atoms with E-state index in [2.05, 4.69) is 31.0 Å². The van der Waals surface area contributed by atoms with Crippen molar-refractivity contribution in [3.05, 3.63) is 22.6 Å². The van der Waals surface area contributed by atoms with Gasteiger partial charge in [0, 0.05) is 12.2 Å². The zero-order valence-electron chi connectivity index (χ0n) is 11.8. The van der Waals surface area contributed by atoms with Crippen LogP contribution in [-0.2, 0) is 13.0 Å². The summed E-state index contributed by atoms with van der Waals surface area (Å²) in [4.78, 5) is 0. The third kappa shape index (κ3) is 1.70. The number of nitrogens with two attached hydrogens (primary N) is 1. The van der Waals surface area contributed by atoms with E-state index in [-0.39, 0.29) is 0 Å². The number of hydrogen-bond acceptors (Lipinski definition) is 3. The molecule has 5 heteroatoms. The van der Waals surface area contributed by atoms with Gasteiger partial charge in [-0.25, -0.2) is 9.36 Å². The Labute approximate surface area is 108 Å². The van der Waals surface area contributed by atoms with Gasteiger partial charge in [0.2, 0.25) is 0 Å². The molecule has 0 saturated heterocycles. The van der Waals surface area contributed by atoms with E-state index in [1.54, 1.807) is 0 Å². The van der Waals surface area contributed by atoms with Gasteiger partial charge in [0.05, 0.1) is 17.1 Å². The van der Waals surface area contributed by atoms with Crippen LogP contribution in [0, 0.1) is 20.8 Å². The number of rotatable bonds is 3. The zero-order valence-corrected chi connectivity index (χ0v) is 11.8. The molecule has 2 aromatic rings. The molecule has 0 bridgehead atoms. The molecule has 2 N–H and O–H groups in total. The predicted molar refractivity (Wildman–Crippen MR) is 73.0 cm³/mol. The molecule has 0 aliphatic carbocycles. The average molecular weight is 247 g/mol. The minimum atomic E-state index is 0.713. The largest absolute Gasteiger partial charge is 0.394 e. The highest BCUT2D eigenvalue weighted by atomic mass is 15.4. The molecule has 0 fully saturated rings. The number of aryl methyl sites for hydroxylation is 3. The molecule has 0 saturated carbocycles. The monoisotopic (exact) mass is 247 g/mol. The lowest BCUT2D eigenvalue weighted by atomic mass is 10.1. The zero-order chi connectivity index (χ0) is 13.4. The SMILES string of the molecule is CCc1c(C)nn(-c2c(N)c(C)nn2CC)c1C. The summed E-state index contributed by atoms with van der Waals surface area (Å²) in [5.41, 5.74) is 11.2. The van der Waals surface area contributed by atoms with Crippen LogP contribution >= 0.6 is 0 Å². The summed E-state index contributed by atoms with van der Waals surface area (Å²) in [6.45, 7) is 11.0. The van der Waals surface area contributed by atoms with Gasteiger partial charge in [-0.1, -0.05) is 6.92 Å². The third-order valence-electron chi connectivity index (χ3n) is 3.44. The van der Waals surface area contributed by atoms with Crippen LogP contribution in [0.25, 0.3) is 5.82 Å². The average Bonchev–Trinajstić information content (AvgIpc) is 2.77. The third-order valence-corrected chi connectivity index (χ3v) is 3.44. The summed E-state index contributed by atoms with van der Waals surface area (Å²) in [6.07, 6.45) is 0.983. The molecule has 0 spiro atoms. The lowest BCUT2D eigenvalue weighted by molar-refractivity contribution is 0.613. The van der Waals surface area contributed by atoms with Gasteiger partial charge in [-0.05, 0) is 39.7 Å². The van der Waals surface area contributed by atoms with Crippen molar-refractivity contribution in [2.45, 2.75) is 47.6 Å². The van der Waals surface area contributed by atoms with E-state index in [4.69, 9.17) is 5.73 Å². The number of anilines is 1. The first kappa shape index (κ1) is 12.7. The van der Waals surface area contributed by atoms with Gasteiger partial charge >= 0.3 is 0 Å². The van der Waals surface area contributed by atoms with E-state index in [0.29, 0.717) is 5.69 Å². The van der Waals surface area contributed by atoms with Crippen LogP contribution in [0.15, 0.2) is 0 Å². The topological polar surface area (TPSA) is 61.7 Å². The molecule has 2 heterocycles. The van der Waals surface area contributed by atoms with Crippen molar-refractivity contribution in [2.24, 2.45) is 0 Å². The molecular weight excluding hydrogens is 226 g/mol. The van der Waals surface area contributed by atoms with Gasteiger partial charge in [0.15, 0.2) is 5.82 Å². The maximum absolute atomic E-state index is 6.14. The maximum Gasteiger partial charge on any atom is 0.175 e. The fourth-order valence-corrected chi connectivity index (χ4v) is 2.42. The first-order valence-electron chi connectivity index (χ1n) is 6.39. The predicted octanol–water partition coefficient (Wildman–Crippen LogP) is 2.16. The number of hydrogen-bond donors (Lipinski definition) is 1. The van der Waals surface area contributed by atoms with E-state index in [1.165, 1.54) is 5.56 Å². The van der Waals surface area contributed by atoms with Crippen molar-refractivity contribution in [3.8, 4) is 5.82 Å². The molecule has 0 unspecified atom stereocenters. The molecule has 0 atom stereocenters. The number of nitrogens with zero attached hydrogens (tertiary/aromatic N) is 4. The number of aromatic nitrogens is 4. The summed E-state index contributed by atoms with van der Waals surface area (Å²) in [6, 6.07) is 0. The van der Waals surface area contributed by atoms with Crippen LogP contribution in [0.1, 0.15) is 36.5 Å². The van der Waals surface area contributed by atoms with Crippen LogP contribution in [-0.4, -0.2) is 19.6 Å². The minimum absolute atomic E-state index is 0.713. The van der Waals surface area contributed by atoms with Crippen LogP contribution in [0.5, 0.6) is 0 Å². The van der Waals surface area contributed by atoms with Gasteiger partial charge < -0.3 is 5.73 Å². The summed E-state index contributed by atoms with van der Waals surface area (Å²) in [5, 5.41) is 9.05. The molecule has 2 rings (SSSR count). The van der Waals surface area contributed by atoms with Gasteiger partial charge in [0.1, 0.15) is 0 Å². The van der Waals surface area contributed by atoms with E-state index in [0.717, 1.165) is 35.9 Å². The lowest BCUT2D eigenvalue weighted by Gasteiger charge is -2.08. The summed E-state index contributed by atoms with van der Waals surface area (Å²) in [7, 11) is 0. The highest BCUT2D eigenvalue weighted by Gasteiger charge is 2.18. The molecule has 0 amide bonds. The second kappa shape index (κ2) is 4.48. The lowest BCUT2D eigenvalue weighted by Crippen LogP contribution is -2.10. The number of nitrogen functional groups attached to an aromatic ring is 1. The summed E-state index contributed by atoms with van der Waals surface area (Å²) >= 11 is 0. The molecule has 18 heavy (non-hydrogen) atoms. The highest BCUT2D eigenvalue weighted by Crippen LogP contribution is 2.24. The van der Waals surface area contributed by atoms with E-state index in [1.807, 2.05) is 23.2 Å². The highest BCUT2D eigenvalue weighted by molar-refractivity contribution is 5.58. The van der Waals surface area contributed by atoms with Crippen molar-refractivity contribution in [1.82, 2.24) is 19.6 Å². The Kier molecular flexibility index (Phi) is 3.15. The van der Waals surface area contributed by atoms with E-state index < -0.39 is 0 Å². The maximum atomic E-state index is 6.14. The van der Waals surface area contributed by atoms with Crippen LogP contribution in [0.4, 0.5) is 5.69 Å². The fourth-order valence-electron chi connectivity index (χ4n) is 2.42. The Hall–Kier alpha value is -1.78. The van der Waals surface area contributed by atoms with Crippen molar-refractivity contribution in [2.75, 3.05) is 5.73 Å². The molecule has 2 aromatic heterocycles. The summed E-state index contributed by atoms with van der Waals surface area (Å²) < 4.78 is 3.83. The van der Waals surface area contributed by atoms with Crippen LogP contribution < -0.4 is 5.73 Å². The second-order valence-corrected chi connectivity index (χ2v) is 4.55. The molecule has 0 aromatic carbocycles. The smallest absolute Gasteiger partial charge is 0.175 e. The van der Waals surface area contributed by atoms with Crippen LogP contribution in [0.3, 0.4) is 0 Å². The standard InChI is InChI=1S/C13H21N5/c1-6-11-8(3)16-18(10(11)5)13-12(14)9(4)15-17(13)7-2/h6-7,14H2,1-5H3. The first-order chi connectivity index (χ1) is 8.51. The van der Waals surface area contributed by atoms with Gasteiger partial charge in [-0.3, -0.25) is 0 Å². The molecule has 0 aliphatic rings. The van der Waals surface area contributed by atoms with Gasteiger partial charge in [0.25, 0.3) is 0 Å². The second-order valence-electron chi connectivity index (χ2n) is 4.55. The van der Waals surface area contributed by atoms with E-state index in [9.17, 15) is 0 Å².